The topological polar surface area (TPSA) is 69.4 Å². The Bertz CT molecular complexity index is 458. The smallest absolute Gasteiger partial charge is 0.238 e. The molecule has 1 aromatic carbocycles. The number of ether oxygens (including phenoxy) is 1. The number of rotatable bonds is 4. The third kappa shape index (κ3) is 5.19. The van der Waals surface area contributed by atoms with Gasteiger partial charge in [-0.25, -0.2) is 13.6 Å². The van der Waals surface area contributed by atoms with Gasteiger partial charge in [0, 0.05) is 0 Å². The van der Waals surface area contributed by atoms with Crippen molar-refractivity contribution in [2.24, 2.45) is 10.6 Å². The zero-order valence-electron chi connectivity index (χ0n) is 10.3. The zero-order chi connectivity index (χ0) is 13.1. The van der Waals surface area contributed by atoms with Crippen LogP contribution in [0.5, 0.6) is 5.75 Å². The second kappa shape index (κ2) is 5.06. The zero-order valence-corrected chi connectivity index (χ0v) is 11.1. The number of hydrogen-bond donors (Lipinski definition) is 1. The summed E-state index contributed by atoms with van der Waals surface area (Å²) in [5, 5.41) is 4.99. The van der Waals surface area contributed by atoms with Gasteiger partial charge in [-0.1, -0.05) is 20.8 Å². The molecule has 0 aliphatic carbocycles. The Kier molecular flexibility index (Phi) is 4.16. The van der Waals surface area contributed by atoms with Crippen molar-refractivity contribution >= 4 is 10.0 Å². The summed E-state index contributed by atoms with van der Waals surface area (Å²) in [6.45, 7) is 8.04. The van der Waals surface area contributed by atoms with Gasteiger partial charge in [-0.2, -0.15) is 0 Å². The Morgan fingerprint density at radius 2 is 1.76 bits per heavy atom. The SMILES string of the molecule is CC(C)(C)C[CH]Oc1ccc(S(N)(=O)=O)cc1. The molecule has 1 radical (unpaired) electrons. The van der Waals surface area contributed by atoms with E-state index in [-0.39, 0.29) is 10.3 Å². The first-order valence-electron chi connectivity index (χ1n) is 5.30. The Morgan fingerprint density at radius 3 is 2.18 bits per heavy atom. The van der Waals surface area contributed by atoms with Crippen LogP contribution in [-0.2, 0) is 10.0 Å². The monoisotopic (exact) mass is 256 g/mol. The van der Waals surface area contributed by atoms with Crippen LogP contribution in [0.1, 0.15) is 27.2 Å². The number of sulfonamides is 1. The van der Waals surface area contributed by atoms with E-state index in [1.807, 2.05) is 0 Å². The fourth-order valence-electron chi connectivity index (χ4n) is 1.10. The third-order valence-electron chi connectivity index (χ3n) is 2.07. The molecular formula is C12H18NO3S. The van der Waals surface area contributed by atoms with Crippen molar-refractivity contribution in [2.75, 3.05) is 0 Å². The molecule has 0 amide bonds. The van der Waals surface area contributed by atoms with Crippen LogP contribution < -0.4 is 9.88 Å². The molecule has 0 heterocycles. The molecule has 0 unspecified atom stereocenters. The van der Waals surface area contributed by atoms with Gasteiger partial charge in [0.15, 0.2) is 0 Å². The highest BCUT2D eigenvalue weighted by atomic mass is 32.2. The van der Waals surface area contributed by atoms with Gasteiger partial charge in [-0.3, -0.25) is 0 Å². The van der Waals surface area contributed by atoms with Gasteiger partial charge in [0.1, 0.15) is 12.4 Å². The molecule has 5 heteroatoms. The minimum absolute atomic E-state index is 0.0840. The first-order chi connectivity index (χ1) is 7.68. The highest BCUT2D eigenvalue weighted by molar-refractivity contribution is 7.89. The maximum absolute atomic E-state index is 11.0. The molecule has 0 saturated heterocycles. The fourth-order valence-corrected chi connectivity index (χ4v) is 1.61. The summed E-state index contributed by atoms with van der Waals surface area (Å²) in [4.78, 5) is 0.0840. The summed E-state index contributed by atoms with van der Waals surface area (Å²) < 4.78 is 27.4. The van der Waals surface area contributed by atoms with Gasteiger partial charge >= 0.3 is 0 Å². The van der Waals surface area contributed by atoms with Crippen molar-refractivity contribution in [3.63, 3.8) is 0 Å². The van der Waals surface area contributed by atoms with Crippen molar-refractivity contribution in [1.82, 2.24) is 0 Å². The molecule has 1 aromatic rings. The van der Waals surface area contributed by atoms with Crippen LogP contribution in [0, 0.1) is 12.0 Å². The quantitative estimate of drug-likeness (QED) is 0.898. The molecule has 17 heavy (non-hydrogen) atoms. The van der Waals surface area contributed by atoms with Crippen LogP contribution >= 0.6 is 0 Å². The lowest BCUT2D eigenvalue weighted by atomic mass is 9.93. The molecule has 1 rings (SSSR count). The average Bonchev–Trinajstić information content (AvgIpc) is 2.15. The summed E-state index contributed by atoms with van der Waals surface area (Å²) in [7, 11) is -3.63. The van der Waals surface area contributed by atoms with Crippen LogP contribution in [0.15, 0.2) is 29.2 Å². The lowest BCUT2D eigenvalue weighted by Gasteiger charge is -2.17. The lowest BCUT2D eigenvalue weighted by molar-refractivity contribution is 0.306. The van der Waals surface area contributed by atoms with E-state index in [1.165, 1.54) is 12.1 Å². The van der Waals surface area contributed by atoms with Gasteiger partial charge in [0.05, 0.1) is 4.90 Å². The predicted octanol–water partition coefficient (Wildman–Crippen LogP) is 2.31. The van der Waals surface area contributed by atoms with E-state index < -0.39 is 10.0 Å². The van der Waals surface area contributed by atoms with Crippen LogP contribution in [0.2, 0.25) is 0 Å². The molecule has 0 saturated carbocycles. The van der Waals surface area contributed by atoms with E-state index in [2.05, 4.69) is 20.8 Å². The first kappa shape index (κ1) is 14.0. The number of nitrogens with two attached hydrogens (primary N) is 1. The van der Waals surface area contributed by atoms with E-state index in [4.69, 9.17) is 9.88 Å². The minimum Gasteiger partial charge on any atom is -0.487 e. The fraction of sp³-hybridized carbons (Fsp3) is 0.417. The Balaban J connectivity index is 2.58. The maximum Gasteiger partial charge on any atom is 0.238 e. The summed E-state index contributed by atoms with van der Waals surface area (Å²) in [6, 6.07) is 6.02. The van der Waals surface area contributed by atoms with Crippen molar-refractivity contribution in [3.8, 4) is 5.75 Å². The normalized spacial score (nSPS) is 12.5. The largest absolute Gasteiger partial charge is 0.487 e. The van der Waals surface area contributed by atoms with Gasteiger partial charge in [-0.15, -0.1) is 0 Å². The summed E-state index contributed by atoms with van der Waals surface area (Å²) in [5.74, 6) is 0.599. The molecule has 0 spiro atoms. The summed E-state index contributed by atoms with van der Waals surface area (Å²) in [5.41, 5.74) is 0.167. The molecule has 0 atom stereocenters. The summed E-state index contributed by atoms with van der Waals surface area (Å²) >= 11 is 0. The predicted molar refractivity (Wildman–Crippen MR) is 66.8 cm³/mol. The van der Waals surface area contributed by atoms with E-state index >= 15 is 0 Å². The van der Waals surface area contributed by atoms with Crippen LogP contribution in [0.4, 0.5) is 0 Å². The van der Waals surface area contributed by atoms with Crippen LogP contribution in [0.3, 0.4) is 0 Å². The molecule has 2 N–H and O–H groups in total. The molecule has 4 nitrogen and oxygen atoms in total. The van der Waals surface area contributed by atoms with E-state index in [0.29, 0.717) is 5.75 Å². The standard InChI is InChI=1S/C12H18NO3S/c1-12(2,3)8-9-16-10-4-6-11(7-5-10)17(13,14)15/h4-7,9H,8H2,1-3H3,(H2,13,14,15). The molecular weight excluding hydrogens is 238 g/mol. The molecule has 0 aliphatic rings. The van der Waals surface area contributed by atoms with E-state index in [1.54, 1.807) is 18.7 Å². The first-order valence-corrected chi connectivity index (χ1v) is 6.84. The average molecular weight is 256 g/mol. The van der Waals surface area contributed by atoms with Gasteiger partial charge in [0.25, 0.3) is 0 Å². The molecule has 0 aromatic heterocycles. The van der Waals surface area contributed by atoms with Crippen LogP contribution in [0.25, 0.3) is 0 Å². The minimum atomic E-state index is -3.63. The number of hydrogen-bond acceptors (Lipinski definition) is 3. The highest BCUT2D eigenvalue weighted by Crippen LogP contribution is 2.22. The van der Waals surface area contributed by atoms with Crippen molar-refractivity contribution < 1.29 is 13.2 Å². The number of primary sulfonamides is 1. The maximum atomic E-state index is 11.0. The third-order valence-corrected chi connectivity index (χ3v) is 3.00. The van der Waals surface area contributed by atoms with Gasteiger partial charge in [0.2, 0.25) is 10.0 Å². The Labute approximate surface area is 103 Å². The highest BCUT2D eigenvalue weighted by Gasteiger charge is 2.11. The second-order valence-electron chi connectivity index (χ2n) is 5.07. The molecule has 95 valence electrons. The van der Waals surface area contributed by atoms with E-state index in [9.17, 15) is 8.42 Å². The second-order valence-corrected chi connectivity index (χ2v) is 6.63. The van der Waals surface area contributed by atoms with Gasteiger partial charge < -0.3 is 4.74 Å². The molecule has 0 bridgehead atoms. The lowest BCUT2D eigenvalue weighted by Crippen LogP contribution is -2.11. The Morgan fingerprint density at radius 1 is 1.24 bits per heavy atom. The molecule has 0 aliphatic heterocycles. The van der Waals surface area contributed by atoms with Crippen molar-refractivity contribution in [1.29, 1.82) is 0 Å². The van der Waals surface area contributed by atoms with E-state index in [0.717, 1.165) is 6.42 Å². The Hall–Kier alpha value is -1.07. The number of benzene rings is 1. The van der Waals surface area contributed by atoms with Gasteiger partial charge in [-0.05, 0) is 36.1 Å². The van der Waals surface area contributed by atoms with Crippen molar-refractivity contribution in [2.45, 2.75) is 32.1 Å². The summed E-state index contributed by atoms with van der Waals surface area (Å²) in [6.07, 6.45) is 0.809. The van der Waals surface area contributed by atoms with Crippen LogP contribution in [-0.4, -0.2) is 8.42 Å². The van der Waals surface area contributed by atoms with Crippen molar-refractivity contribution in [3.05, 3.63) is 30.9 Å². The molecule has 0 fully saturated rings.